The summed E-state index contributed by atoms with van der Waals surface area (Å²) in [6.07, 6.45) is -0.881. The minimum atomic E-state index is -0.930. The fourth-order valence-corrected chi connectivity index (χ4v) is 3.54. The van der Waals surface area contributed by atoms with E-state index in [9.17, 15) is 24.9 Å². The molecule has 1 saturated heterocycles. The number of phenols is 1. The van der Waals surface area contributed by atoms with Crippen molar-refractivity contribution >= 4 is 17.4 Å². The van der Waals surface area contributed by atoms with Gasteiger partial charge in [-0.2, -0.15) is 0 Å². The Balaban J connectivity index is 2.20. The number of amides is 1. The van der Waals surface area contributed by atoms with Gasteiger partial charge in [0.15, 0.2) is 11.5 Å². The van der Waals surface area contributed by atoms with Crippen molar-refractivity contribution in [1.29, 1.82) is 0 Å². The van der Waals surface area contributed by atoms with Crippen LogP contribution in [-0.4, -0.2) is 51.2 Å². The smallest absolute Gasteiger partial charge is 0.295 e. The van der Waals surface area contributed by atoms with Crippen LogP contribution >= 0.6 is 0 Å². The van der Waals surface area contributed by atoms with E-state index in [1.54, 1.807) is 37.3 Å². The summed E-state index contributed by atoms with van der Waals surface area (Å²) in [5.74, 6) is -1.80. The average molecular weight is 411 g/mol. The van der Waals surface area contributed by atoms with E-state index < -0.39 is 23.8 Å². The summed E-state index contributed by atoms with van der Waals surface area (Å²) >= 11 is 0. The average Bonchev–Trinajstić information content (AvgIpc) is 2.94. The third-order valence-electron chi connectivity index (χ3n) is 4.93. The van der Waals surface area contributed by atoms with Crippen LogP contribution in [0.15, 0.2) is 48.0 Å². The van der Waals surface area contributed by atoms with Gasteiger partial charge in [-0.05, 0) is 38.5 Å². The van der Waals surface area contributed by atoms with Crippen LogP contribution in [0.1, 0.15) is 36.6 Å². The van der Waals surface area contributed by atoms with Gasteiger partial charge >= 0.3 is 0 Å². The van der Waals surface area contributed by atoms with Crippen LogP contribution in [-0.2, 0) is 9.59 Å². The van der Waals surface area contributed by atoms with Gasteiger partial charge in [0.25, 0.3) is 11.7 Å². The predicted molar refractivity (Wildman–Crippen MR) is 111 cm³/mol. The molecule has 1 aliphatic rings. The highest BCUT2D eigenvalue weighted by molar-refractivity contribution is 6.46. The second kappa shape index (κ2) is 8.59. The number of Topliss-reactive ketones (excluding diaryl/α,β-unsaturated/α-hetero) is 1. The standard InChI is InChI=1S/C23H25NO6/c1-4-30-18-11-16(9-10-17(18)26)20-19(21(27)15-7-5-13(2)6-8-15)22(28)23(29)24(20)12-14(3)25/h5-11,14,20,25-27H,4,12H2,1-3H3/t14-,20-/m0/s1. The van der Waals surface area contributed by atoms with Crippen LogP contribution in [0.3, 0.4) is 0 Å². The fourth-order valence-electron chi connectivity index (χ4n) is 3.54. The molecule has 158 valence electrons. The van der Waals surface area contributed by atoms with Gasteiger partial charge < -0.3 is 25.0 Å². The summed E-state index contributed by atoms with van der Waals surface area (Å²) in [4.78, 5) is 26.8. The highest BCUT2D eigenvalue weighted by atomic mass is 16.5. The third kappa shape index (κ3) is 4.02. The largest absolute Gasteiger partial charge is 0.507 e. The number of hydrogen-bond acceptors (Lipinski definition) is 6. The number of ketones is 1. The van der Waals surface area contributed by atoms with Crippen LogP contribution in [0.5, 0.6) is 11.5 Å². The number of carbonyl (C=O) groups excluding carboxylic acids is 2. The number of hydrogen-bond donors (Lipinski definition) is 3. The number of aliphatic hydroxyl groups is 2. The maximum Gasteiger partial charge on any atom is 0.295 e. The monoisotopic (exact) mass is 411 g/mol. The highest BCUT2D eigenvalue weighted by Gasteiger charge is 2.46. The van der Waals surface area contributed by atoms with Gasteiger partial charge in [-0.1, -0.05) is 35.9 Å². The molecule has 3 N–H and O–H groups in total. The first-order valence-corrected chi connectivity index (χ1v) is 9.73. The number of β-amino-alcohol motifs (C(OH)–C–C–N with tert-alkyl or cyclic N) is 1. The first-order chi connectivity index (χ1) is 14.2. The number of carbonyl (C=O) groups is 2. The molecule has 7 heteroatoms. The summed E-state index contributed by atoms with van der Waals surface area (Å²) < 4.78 is 5.43. The number of aliphatic hydroxyl groups excluding tert-OH is 2. The van der Waals surface area contributed by atoms with Crippen molar-refractivity contribution in [2.45, 2.75) is 32.9 Å². The minimum Gasteiger partial charge on any atom is -0.507 e. The number of aromatic hydroxyl groups is 1. The Morgan fingerprint density at radius 1 is 1.17 bits per heavy atom. The second-order valence-electron chi connectivity index (χ2n) is 7.33. The van der Waals surface area contributed by atoms with E-state index in [2.05, 4.69) is 0 Å². The second-order valence-corrected chi connectivity index (χ2v) is 7.33. The Bertz CT molecular complexity index is 993. The molecule has 1 amide bonds. The first-order valence-electron chi connectivity index (χ1n) is 9.73. The molecule has 0 spiro atoms. The van der Waals surface area contributed by atoms with E-state index in [-0.39, 0.29) is 29.4 Å². The molecule has 1 aliphatic heterocycles. The van der Waals surface area contributed by atoms with E-state index >= 15 is 0 Å². The van der Waals surface area contributed by atoms with Crippen LogP contribution in [0, 0.1) is 6.92 Å². The normalized spacial score (nSPS) is 19.2. The number of benzene rings is 2. The highest BCUT2D eigenvalue weighted by Crippen LogP contribution is 2.41. The Hall–Kier alpha value is -3.32. The van der Waals surface area contributed by atoms with Crippen LogP contribution < -0.4 is 4.74 Å². The number of phenolic OH excluding ortho intramolecular Hbond substituents is 1. The maximum atomic E-state index is 12.9. The van der Waals surface area contributed by atoms with E-state index in [1.807, 2.05) is 6.92 Å². The van der Waals surface area contributed by atoms with E-state index in [0.29, 0.717) is 17.7 Å². The lowest BCUT2D eigenvalue weighted by Crippen LogP contribution is -2.35. The minimum absolute atomic E-state index is 0.0716. The molecule has 0 radical (unpaired) electrons. The van der Waals surface area contributed by atoms with E-state index in [4.69, 9.17) is 4.74 Å². The number of rotatable bonds is 6. The van der Waals surface area contributed by atoms with E-state index in [1.165, 1.54) is 24.0 Å². The van der Waals surface area contributed by atoms with Crippen molar-refractivity contribution in [3.05, 3.63) is 64.7 Å². The lowest BCUT2D eigenvalue weighted by Gasteiger charge is -2.26. The molecule has 1 heterocycles. The van der Waals surface area contributed by atoms with Gasteiger partial charge in [-0.15, -0.1) is 0 Å². The molecule has 0 unspecified atom stereocenters. The van der Waals surface area contributed by atoms with E-state index in [0.717, 1.165) is 5.56 Å². The molecule has 2 aromatic carbocycles. The molecule has 0 bridgehead atoms. The Labute approximate surface area is 174 Å². The fraction of sp³-hybridized carbons (Fsp3) is 0.304. The lowest BCUT2D eigenvalue weighted by atomic mass is 9.94. The molecule has 7 nitrogen and oxygen atoms in total. The number of aryl methyl sites for hydroxylation is 1. The zero-order valence-corrected chi connectivity index (χ0v) is 17.1. The van der Waals surface area contributed by atoms with Crippen molar-refractivity contribution in [3.63, 3.8) is 0 Å². The summed E-state index contributed by atoms with van der Waals surface area (Å²) in [6.45, 7) is 5.40. The molecule has 2 aromatic rings. The van der Waals surface area contributed by atoms with Gasteiger partial charge in [-0.25, -0.2) is 0 Å². The zero-order chi connectivity index (χ0) is 22.0. The van der Waals surface area contributed by atoms with Crippen LogP contribution in [0.4, 0.5) is 0 Å². The Morgan fingerprint density at radius 3 is 2.43 bits per heavy atom. The molecular weight excluding hydrogens is 386 g/mol. The Kier molecular flexibility index (Phi) is 6.12. The molecule has 0 aromatic heterocycles. The molecule has 3 rings (SSSR count). The molecule has 2 atom stereocenters. The van der Waals surface area contributed by atoms with Crippen molar-refractivity contribution < 1.29 is 29.6 Å². The molecule has 1 fully saturated rings. The quantitative estimate of drug-likeness (QED) is 0.383. The molecule has 30 heavy (non-hydrogen) atoms. The van der Waals surface area contributed by atoms with Crippen molar-refractivity contribution in [3.8, 4) is 11.5 Å². The number of nitrogens with zero attached hydrogens (tertiary/aromatic N) is 1. The van der Waals surface area contributed by atoms with Crippen molar-refractivity contribution in [2.75, 3.05) is 13.2 Å². The van der Waals surface area contributed by atoms with Crippen molar-refractivity contribution in [2.24, 2.45) is 0 Å². The third-order valence-corrected chi connectivity index (χ3v) is 4.93. The molecular formula is C23H25NO6. The first kappa shape index (κ1) is 21.4. The molecule has 0 saturated carbocycles. The van der Waals surface area contributed by atoms with Gasteiger partial charge in [0.1, 0.15) is 5.76 Å². The van der Waals surface area contributed by atoms with Gasteiger partial charge in [-0.3, -0.25) is 9.59 Å². The number of likely N-dealkylation sites (tertiary alicyclic amines) is 1. The Morgan fingerprint density at radius 2 is 1.83 bits per heavy atom. The van der Waals surface area contributed by atoms with Crippen molar-refractivity contribution in [1.82, 2.24) is 4.90 Å². The number of ether oxygens (including phenoxy) is 1. The van der Waals surface area contributed by atoms with Gasteiger partial charge in [0.2, 0.25) is 0 Å². The summed E-state index contributed by atoms with van der Waals surface area (Å²) in [5.41, 5.74) is 1.80. The lowest BCUT2D eigenvalue weighted by molar-refractivity contribution is -0.140. The van der Waals surface area contributed by atoms with Gasteiger partial charge in [0.05, 0.1) is 24.3 Å². The maximum absolute atomic E-state index is 12.9. The van der Waals surface area contributed by atoms with Gasteiger partial charge in [0, 0.05) is 12.1 Å². The summed E-state index contributed by atoms with van der Waals surface area (Å²) in [6, 6.07) is 10.5. The zero-order valence-electron chi connectivity index (χ0n) is 17.1. The topological polar surface area (TPSA) is 107 Å². The SMILES string of the molecule is CCOc1cc([C@H]2C(=C(O)c3ccc(C)cc3)C(=O)C(=O)N2C[C@H](C)O)ccc1O. The predicted octanol–water partition coefficient (Wildman–Crippen LogP) is 2.90. The van der Waals surface area contributed by atoms with Crippen LogP contribution in [0.25, 0.3) is 5.76 Å². The summed E-state index contributed by atoms with van der Waals surface area (Å²) in [7, 11) is 0. The van der Waals surface area contributed by atoms with Crippen LogP contribution in [0.2, 0.25) is 0 Å². The summed E-state index contributed by atoms with van der Waals surface area (Å²) in [5, 5.41) is 30.9. The molecule has 0 aliphatic carbocycles.